The molecule has 0 saturated carbocycles. The van der Waals surface area contributed by atoms with Crippen LogP contribution in [0, 0.1) is 0 Å². The van der Waals surface area contributed by atoms with Crippen LogP contribution in [0.15, 0.2) is 6.07 Å². The predicted molar refractivity (Wildman–Crippen MR) is 73.5 cm³/mol. The highest BCUT2D eigenvalue weighted by Crippen LogP contribution is 2.12. The van der Waals surface area contributed by atoms with Gasteiger partial charge in [0.25, 0.3) is 0 Å². The standard InChI is InChI=1S/C13H23N5O/c1-3-10-7-11(18(4-2)16-10)9-17-6-5-15-8-12(17)13(14)19/h7,12,15H,3-6,8-9H2,1-2H3,(H2,14,19). The van der Waals surface area contributed by atoms with Crippen LogP contribution in [-0.4, -0.2) is 46.3 Å². The van der Waals surface area contributed by atoms with E-state index in [1.165, 1.54) is 0 Å². The molecule has 1 saturated heterocycles. The number of amides is 1. The van der Waals surface area contributed by atoms with Gasteiger partial charge >= 0.3 is 0 Å². The molecular weight excluding hydrogens is 242 g/mol. The van der Waals surface area contributed by atoms with Gasteiger partial charge in [0, 0.05) is 32.7 Å². The van der Waals surface area contributed by atoms with Gasteiger partial charge in [0.15, 0.2) is 0 Å². The summed E-state index contributed by atoms with van der Waals surface area (Å²) in [5, 5.41) is 7.75. The molecule has 0 aromatic carbocycles. The van der Waals surface area contributed by atoms with Crippen molar-refractivity contribution in [2.45, 2.75) is 39.4 Å². The first-order chi connectivity index (χ1) is 9.15. The number of nitrogens with zero attached hydrogens (tertiary/aromatic N) is 3. The van der Waals surface area contributed by atoms with Crippen molar-refractivity contribution in [1.82, 2.24) is 20.0 Å². The number of hydrogen-bond acceptors (Lipinski definition) is 4. The highest BCUT2D eigenvalue weighted by Gasteiger charge is 2.27. The monoisotopic (exact) mass is 265 g/mol. The third kappa shape index (κ3) is 3.13. The van der Waals surface area contributed by atoms with Gasteiger partial charge in [-0.3, -0.25) is 14.4 Å². The van der Waals surface area contributed by atoms with Crippen LogP contribution in [0.3, 0.4) is 0 Å². The van der Waals surface area contributed by atoms with Crippen LogP contribution in [0.25, 0.3) is 0 Å². The molecule has 0 bridgehead atoms. The maximum Gasteiger partial charge on any atom is 0.236 e. The summed E-state index contributed by atoms with van der Waals surface area (Å²) < 4.78 is 2.01. The van der Waals surface area contributed by atoms with Gasteiger partial charge in [-0.2, -0.15) is 5.10 Å². The molecule has 1 amide bonds. The number of nitrogens with two attached hydrogens (primary N) is 1. The Morgan fingerprint density at radius 1 is 1.58 bits per heavy atom. The molecular formula is C13H23N5O. The molecule has 0 radical (unpaired) electrons. The van der Waals surface area contributed by atoms with E-state index >= 15 is 0 Å². The number of aryl methyl sites for hydroxylation is 2. The van der Waals surface area contributed by atoms with E-state index < -0.39 is 0 Å². The molecule has 1 unspecified atom stereocenters. The second-order valence-electron chi connectivity index (χ2n) is 4.89. The molecule has 1 aromatic rings. The number of primary amides is 1. The number of hydrogen-bond donors (Lipinski definition) is 2. The zero-order valence-electron chi connectivity index (χ0n) is 11.7. The highest BCUT2D eigenvalue weighted by molar-refractivity contribution is 5.80. The molecule has 0 spiro atoms. The summed E-state index contributed by atoms with van der Waals surface area (Å²) >= 11 is 0. The Morgan fingerprint density at radius 3 is 3.00 bits per heavy atom. The predicted octanol–water partition coefficient (Wildman–Crippen LogP) is -0.275. The lowest BCUT2D eigenvalue weighted by Crippen LogP contribution is -2.56. The Balaban J connectivity index is 2.14. The summed E-state index contributed by atoms with van der Waals surface area (Å²) in [4.78, 5) is 13.6. The summed E-state index contributed by atoms with van der Waals surface area (Å²) in [6.07, 6.45) is 0.931. The maximum absolute atomic E-state index is 11.5. The van der Waals surface area contributed by atoms with E-state index in [2.05, 4.69) is 35.2 Å². The number of nitrogens with one attached hydrogen (secondary N) is 1. The Bertz CT molecular complexity index is 442. The van der Waals surface area contributed by atoms with Crippen LogP contribution in [0.2, 0.25) is 0 Å². The third-order valence-electron chi connectivity index (χ3n) is 3.62. The fraction of sp³-hybridized carbons (Fsp3) is 0.692. The van der Waals surface area contributed by atoms with E-state index in [0.29, 0.717) is 6.54 Å². The molecule has 1 aliphatic rings. The minimum atomic E-state index is -0.259. The molecule has 1 aromatic heterocycles. The zero-order valence-corrected chi connectivity index (χ0v) is 11.7. The Labute approximate surface area is 113 Å². The van der Waals surface area contributed by atoms with Crippen molar-refractivity contribution in [3.8, 4) is 0 Å². The molecule has 106 valence electrons. The van der Waals surface area contributed by atoms with Crippen LogP contribution in [0.4, 0.5) is 0 Å². The molecule has 1 aliphatic heterocycles. The van der Waals surface area contributed by atoms with E-state index in [9.17, 15) is 4.79 Å². The third-order valence-corrected chi connectivity index (χ3v) is 3.62. The van der Waals surface area contributed by atoms with Gasteiger partial charge in [-0.05, 0) is 19.4 Å². The second-order valence-corrected chi connectivity index (χ2v) is 4.89. The van der Waals surface area contributed by atoms with Crippen molar-refractivity contribution in [1.29, 1.82) is 0 Å². The Hall–Kier alpha value is -1.40. The quantitative estimate of drug-likeness (QED) is 0.768. The van der Waals surface area contributed by atoms with Crippen molar-refractivity contribution in [3.05, 3.63) is 17.5 Å². The van der Waals surface area contributed by atoms with Gasteiger partial charge in [0.05, 0.1) is 11.4 Å². The van der Waals surface area contributed by atoms with Gasteiger partial charge in [-0.15, -0.1) is 0 Å². The summed E-state index contributed by atoms with van der Waals surface area (Å²) in [6.45, 7) is 8.13. The van der Waals surface area contributed by atoms with E-state index in [1.807, 2.05) is 4.68 Å². The normalized spacial score (nSPS) is 20.6. The van der Waals surface area contributed by atoms with E-state index in [1.54, 1.807) is 0 Å². The highest BCUT2D eigenvalue weighted by atomic mass is 16.1. The minimum Gasteiger partial charge on any atom is -0.368 e. The first-order valence-corrected chi connectivity index (χ1v) is 6.95. The van der Waals surface area contributed by atoms with Gasteiger partial charge in [0.1, 0.15) is 6.04 Å². The number of rotatable bonds is 5. The van der Waals surface area contributed by atoms with E-state index in [-0.39, 0.29) is 11.9 Å². The number of carbonyl (C=O) groups excluding carboxylic acids is 1. The molecule has 2 rings (SSSR count). The average molecular weight is 265 g/mol. The van der Waals surface area contributed by atoms with Crippen LogP contribution >= 0.6 is 0 Å². The summed E-state index contributed by atoms with van der Waals surface area (Å²) in [6, 6.07) is 1.91. The fourth-order valence-electron chi connectivity index (χ4n) is 2.51. The first-order valence-electron chi connectivity index (χ1n) is 6.95. The number of aromatic nitrogens is 2. The summed E-state index contributed by atoms with van der Waals surface area (Å²) in [5.41, 5.74) is 7.73. The molecule has 2 heterocycles. The average Bonchev–Trinajstić information content (AvgIpc) is 2.81. The van der Waals surface area contributed by atoms with E-state index in [0.717, 1.165) is 44.0 Å². The molecule has 6 heteroatoms. The lowest BCUT2D eigenvalue weighted by molar-refractivity contribution is -0.124. The minimum absolute atomic E-state index is 0.223. The molecule has 1 atom stereocenters. The van der Waals surface area contributed by atoms with Crippen LogP contribution in [0.1, 0.15) is 25.2 Å². The Morgan fingerprint density at radius 2 is 2.37 bits per heavy atom. The van der Waals surface area contributed by atoms with Crippen molar-refractivity contribution in [2.24, 2.45) is 5.73 Å². The van der Waals surface area contributed by atoms with Crippen LogP contribution < -0.4 is 11.1 Å². The topological polar surface area (TPSA) is 76.2 Å². The second kappa shape index (κ2) is 6.16. The van der Waals surface area contributed by atoms with E-state index in [4.69, 9.17) is 5.73 Å². The van der Waals surface area contributed by atoms with Crippen molar-refractivity contribution in [3.63, 3.8) is 0 Å². The lowest BCUT2D eigenvalue weighted by Gasteiger charge is -2.34. The van der Waals surface area contributed by atoms with Crippen LogP contribution in [0.5, 0.6) is 0 Å². The molecule has 3 N–H and O–H groups in total. The Kier molecular flexibility index (Phi) is 4.55. The smallest absolute Gasteiger partial charge is 0.236 e. The summed E-state index contributed by atoms with van der Waals surface area (Å²) in [5.74, 6) is -0.259. The van der Waals surface area contributed by atoms with Gasteiger partial charge in [0.2, 0.25) is 5.91 Å². The zero-order chi connectivity index (χ0) is 13.8. The van der Waals surface area contributed by atoms with Crippen LogP contribution in [-0.2, 0) is 24.3 Å². The van der Waals surface area contributed by atoms with Crippen molar-refractivity contribution >= 4 is 5.91 Å². The molecule has 0 aliphatic carbocycles. The fourth-order valence-corrected chi connectivity index (χ4v) is 2.51. The number of piperazine rings is 1. The molecule has 1 fully saturated rings. The van der Waals surface area contributed by atoms with Gasteiger partial charge in [-0.1, -0.05) is 6.92 Å². The molecule has 19 heavy (non-hydrogen) atoms. The van der Waals surface area contributed by atoms with Crippen molar-refractivity contribution < 1.29 is 4.79 Å². The molecule has 6 nitrogen and oxygen atoms in total. The van der Waals surface area contributed by atoms with Gasteiger partial charge < -0.3 is 11.1 Å². The van der Waals surface area contributed by atoms with Gasteiger partial charge in [-0.25, -0.2) is 0 Å². The number of carbonyl (C=O) groups is 1. The first kappa shape index (κ1) is 14.0. The summed E-state index contributed by atoms with van der Waals surface area (Å²) in [7, 11) is 0. The SMILES string of the molecule is CCc1cc(CN2CCNCC2C(N)=O)n(CC)n1. The lowest BCUT2D eigenvalue weighted by atomic mass is 10.1. The maximum atomic E-state index is 11.5. The largest absolute Gasteiger partial charge is 0.368 e. The van der Waals surface area contributed by atoms with Crippen molar-refractivity contribution in [2.75, 3.05) is 19.6 Å².